The molecule has 4 saturated carbocycles. The number of imide groups is 2. The summed E-state index contributed by atoms with van der Waals surface area (Å²) in [6.07, 6.45) is 41.4. The summed E-state index contributed by atoms with van der Waals surface area (Å²) in [6.45, 7) is 26.4. The second kappa shape index (κ2) is 37.5. The molecule has 2 heterocycles. The summed E-state index contributed by atoms with van der Waals surface area (Å²) in [6, 6.07) is 53.4. The lowest BCUT2D eigenvalue weighted by atomic mass is 9.80. The number of hydrogen-bond donors (Lipinski definition) is 0. The van der Waals surface area contributed by atoms with Crippen molar-refractivity contribution in [2.45, 2.75) is 336 Å². The predicted octanol–water partition coefficient (Wildman–Crippen LogP) is 32.9. The average Bonchev–Trinajstić information content (AvgIpc) is 0.668. The minimum absolute atomic E-state index is 0.198. The number of nitrogens with zero attached hydrogens (tertiary/aromatic N) is 2. The van der Waals surface area contributed by atoms with E-state index in [1.807, 2.05) is 72.8 Å². The molecule has 0 bridgehead atoms. The van der Waals surface area contributed by atoms with Crippen LogP contribution in [0.3, 0.4) is 0 Å². The molecule has 0 atom stereocenters. The molecule has 0 spiro atoms. The maximum atomic E-state index is 17.4. The van der Waals surface area contributed by atoms with Gasteiger partial charge in [0.25, 0.3) is 23.6 Å². The van der Waals surface area contributed by atoms with Crippen molar-refractivity contribution in [1.29, 1.82) is 0 Å². The zero-order valence-electron chi connectivity index (χ0n) is 77.9. The van der Waals surface area contributed by atoms with E-state index in [9.17, 15) is 0 Å². The first-order chi connectivity index (χ1) is 60.7. The number of para-hydroxylation sites is 2. The number of ether oxygens (including phenoxy) is 4. The molecule has 6 aliphatic rings. The van der Waals surface area contributed by atoms with E-state index in [1.165, 1.54) is 164 Å². The van der Waals surface area contributed by atoms with Crippen molar-refractivity contribution in [1.82, 2.24) is 0 Å². The fourth-order valence-corrected chi connectivity index (χ4v) is 22.4. The van der Waals surface area contributed by atoms with E-state index in [1.54, 1.807) is 0 Å². The Labute approximate surface area is 751 Å². The lowest BCUT2D eigenvalue weighted by Gasteiger charge is -2.34. The van der Waals surface area contributed by atoms with Crippen molar-refractivity contribution < 1.29 is 38.1 Å². The van der Waals surface area contributed by atoms with E-state index in [2.05, 4.69) is 168 Å². The Balaban J connectivity index is 0.946. The van der Waals surface area contributed by atoms with Gasteiger partial charge in [0.2, 0.25) is 0 Å². The molecule has 4 amide bonds. The highest BCUT2D eigenvalue weighted by atomic mass is 16.5. The van der Waals surface area contributed by atoms with E-state index in [4.69, 9.17) is 18.9 Å². The minimum atomic E-state index is -0.450. The van der Waals surface area contributed by atoms with Gasteiger partial charge in [0.05, 0.1) is 33.6 Å². The van der Waals surface area contributed by atoms with Crippen LogP contribution in [0.15, 0.2) is 158 Å². The highest BCUT2D eigenvalue weighted by Gasteiger charge is 2.45. The monoisotopic (exact) mass is 1690 g/mol. The van der Waals surface area contributed by atoms with Crippen LogP contribution in [0.1, 0.15) is 374 Å². The number of unbranched alkanes of at least 4 members (excludes halogenated alkanes) is 4. The summed E-state index contributed by atoms with van der Waals surface area (Å²) in [5.74, 6) is 4.39. The van der Waals surface area contributed by atoms with Gasteiger partial charge in [-0.2, -0.15) is 0 Å². The first-order valence-electron chi connectivity index (χ1n) is 49.2. The Morgan fingerprint density at radius 2 is 0.460 bits per heavy atom. The van der Waals surface area contributed by atoms with Gasteiger partial charge < -0.3 is 18.9 Å². The number of rotatable bonds is 30. The van der Waals surface area contributed by atoms with Crippen LogP contribution in [0.5, 0.6) is 46.0 Å². The van der Waals surface area contributed by atoms with E-state index in [0.29, 0.717) is 126 Å². The van der Waals surface area contributed by atoms with Crippen LogP contribution in [0.25, 0.3) is 43.1 Å². The summed E-state index contributed by atoms with van der Waals surface area (Å²) in [5.41, 5.74) is 10.1. The smallest absolute Gasteiger partial charge is 0.266 e. The van der Waals surface area contributed by atoms with Crippen LogP contribution in [0, 0.1) is 23.7 Å². The molecule has 0 radical (unpaired) electrons. The van der Waals surface area contributed by atoms with Gasteiger partial charge in [-0.25, -0.2) is 9.80 Å². The lowest BCUT2D eigenvalue weighted by Crippen LogP contribution is -2.42. The Bertz CT molecular complexity index is 5070. The van der Waals surface area contributed by atoms with Crippen LogP contribution in [-0.4, -0.2) is 23.6 Å². The zero-order valence-corrected chi connectivity index (χ0v) is 77.9. The van der Waals surface area contributed by atoms with E-state index < -0.39 is 23.6 Å². The number of fused-ring (bicyclic) bond motifs is 2. The average molecular weight is 1690 g/mol. The van der Waals surface area contributed by atoms with Gasteiger partial charge in [0.15, 0.2) is 0 Å². The minimum Gasteiger partial charge on any atom is -0.457 e. The molecule has 126 heavy (non-hydrogen) atoms. The Kier molecular flexibility index (Phi) is 26.3. The maximum absolute atomic E-state index is 17.4. The van der Waals surface area contributed by atoms with Crippen LogP contribution in [0.2, 0.25) is 0 Å². The zero-order chi connectivity index (χ0) is 87.8. The highest BCUT2D eigenvalue weighted by molar-refractivity contribution is 6.48. The second-order valence-electron chi connectivity index (χ2n) is 42.9. The van der Waals surface area contributed by atoms with Gasteiger partial charge >= 0.3 is 0 Å². The second-order valence-corrected chi connectivity index (χ2v) is 42.9. The predicted molar refractivity (Wildman–Crippen MR) is 520 cm³/mol. The molecule has 10 nitrogen and oxygen atoms in total. The fraction of sp³-hybridized carbons (Fsp3) is 0.483. The van der Waals surface area contributed by atoms with Crippen LogP contribution >= 0.6 is 0 Å². The van der Waals surface area contributed by atoms with Crippen LogP contribution in [0.4, 0.5) is 11.4 Å². The Morgan fingerprint density at radius 1 is 0.254 bits per heavy atom. The first-order valence-corrected chi connectivity index (χ1v) is 49.2. The third kappa shape index (κ3) is 18.9. The van der Waals surface area contributed by atoms with Crippen molar-refractivity contribution >= 4 is 78.1 Å². The lowest BCUT2D eigenvalue weighted by molar-refractivity contribution is 0.0877. The van der Waals surface area contributed by atoms with E-state index >= 15 is 19.2 Å². The number of carbonyl (C=O) groups is 4. The molecule has 0 N–H and O–H groups in total. The van der Waals surface area contributed by atoms with Gasteiger partial charge in [-0.1, -0.05) is 348 Å². The Morgan fingerprint density at radius 3 is 0.659 bits per heavy atom. The van der Waals surface area contributed by atoms with Crippen molar-refractivity contribution in [3.8, 4) is 46.0 Å². The number of aryl methyl sites for hydroxylation is 4. The summed E-state index contributed by atoms with van der Waals surface area (Å²) < 4.78 is 30.8. The first kappa shape index (κ1) is 88.2. The van der Waals surface area contributed by atoms with Crippen LogP contribution in [-0.2, 0) is 47.3 Å². The number of benzene rings is 11. The molecular formula is C116H138N2O8. The molecule has 0 saturated heterocycles. The molecule has 11 aromatic carbocycles. The summed E-state index contributed by atoms with van der Waals surface area (Å²) in [7, 11) is 0. The molecule has 11 aromatic rings. The summed E-state index contributed by atoms with van der Waals surface area (Å²) in [4.78, 5) is 72.6. The fourth-order valence-electron chi connectivity index (χ4n) is 22.4. The number of hydrogen-bond acceptors (Lipinski definition) is 8. The van der Waals surface area contributed by atoms with Gasteiger partial charge in [0.1, 0.15) is 46.0 Å². The SMILES string of the molecule is CC(C)(C)c1ccc(Oc2cc3c4c(cc(Oc5ccc(C(C)(C)C)cc5)c5c6c(Oc7ccc(C(C)(C)C)cc7)cc7c8c(cc(Oc9ccc(C(C)(C)C)cc9)c(c2c45)c86)C(=O)N(c2c(CCCCC4CCCCC4)cccc2CCCCC2CCCCC2)C7=O)C(=O)N(c2c(CCCCC4CCCCC4)cccc2CCCCC2CCCCC2)C3=O)cc1. The molecular weight excluding hydrogens is 1550 g/mol. The van der Waals surface area contributed by atoms with Gasteiger partial charge in [-0.05, 0) is 214 Å². The Hall–Kier alpha value is -9.80. The van der Waals surface area contributed by atoms with Crippen LogP contribution < -0.4 is 28.7 Å². The standard InChI is InChI=1S/C116H138N2O8/c1-113(2,3)83-55-63-87(64-56-83)123-95-71-91-99-92(110(120)117(109(91)119)107-79(47-29-25-43-75-35-17-13-18-36-75)51-33-52-80(107)48-30-26-44-76-37-19-14-20-38-76)73-97(125-89-67-59-85(60-68-89)115(7,8)9)103-104-98(126-90-69-61-86(62-70-90)116(10,11)12)74-94-100-93(72-96(102(106(100)104)101(95)105(99)103)124-88-65-57-84(58-66-88)114(4,5)6)111(121)118(112(94)122)108-81(49-31-27-45-77-39-21-15-22-40-77)53-34-54-82(108)50-32-28-46-78-41-23-16-24-42-78/h33-34,51-78H,13-32,35-50H2,1-12H3. The number of carbonyl (C=O) groups excluding carboxylic acids is 4. The molecule has 10 heteroatoms. The molecule has 0 unspecified atom stereocenters. The molecule has 17 rings (SSSR count). The molecule has 4 aliphatic carbocycles. The summed E-state index contributed by atoms with van der Waals surface area (Å²) in [5, 5.41) is 3.86. The maximum Gasteiger partial charge on any atom is 0.266 e. The quantitative estimate of drug-likeness (QED) is 0.0189. The van der Waals surface area contributed by atoms with E-state index in [0.717, 1.165) is 120 Å². The van der Waals surface area contributed by atoms with Crippen molar-refractivity contribution in [3.05, 3.63) is 224 Å². The summed E-state index contributed by atoms with van der Waals surface area (Å²) >= 11 is 0. The van der Waals surface area contributed by atoms with Crippen molar-refractivity contribution in [2.75, 3.05) is 9.80 Å². The highest BCUT2D eigenvalue weighted by Crippen LogP contribution is 2.59. The van der Waals surface area contributed by atoms with Gasteiger partial charge in [-0.15, -0.1) is 0 Å². The van der Waals surface area contributed by atoms with E-state index in [-0.39, 0.29) is 43.9 Å². The van der Waals surface area contributed by atoms with Crippen molar-refractivity contribution in [2.24, 2.45) is 23.7 Å². The molecule has 2 aliphatic heterocycles. The number of anilines is 2. The molecule has 4 fully saturated rings. The topological polar surface area (TPSA) is 112 Å². The number of amides is 4. The largest absolute Gasteiger partial charge is 0.457 e. The normalized spacial score (nSPS) is 16.8. The third-order valence-corrected chi connectivity index (χ3v) is 29.7. The third-order valence-electron chi connectivity index (χ3n) is 29.7. The van der Waals surface area contributed by atoms with Gasteiger partial charge in [0, 0.05) is 43.1 Å². The molecule has 0 aromatic heterocycles. The molecule has 660 valence electrons. The van der Waals surface area contributed by atoms with Gasteiger partial charge in [-0.3, -0.25) is 19.2 Å². The van der Waals surface area contributed by atoms with Crippen molar-refractivity contribution in [3.63, 3.8) is 0 Å².